The predicted octanol–water partition coefficient (Wildman–Crippen LogP) is 2.58. The highest BCUT2D eigenvalue weighted by Gasteiger charge is 2.02. The summed E-state index contributed by atoms with van der Waals surface area (Å²) in [4.78, 5) is 0. The Balaban J connectivity index is 3.00. The quantitative estimate of drug-likeness (QED) is 0.706. The van der Waals surface area contributed by atoms with Gasteiger partial charge in [0.1, 0.15) is 0 Å². The van der Waals surface area contributed by atoms with Crippen molar-refractivity contribution in [2.45, 2.75) is 26.8 Å². The van der Waals surface area contributed by atoms with Gasteiger partial charge in [-0.2, -0.15) is 0 Å². The van der Waals surface area contributed by atoms with Gasteiger partial charge in [0.05, 0.1) is 0 Å². The Labute approximate surface area is 74.8 Å². The van der Waals surface area contributed by atoms with Crippen LogP contribution in [-0.2, 0) is 0 Å². The average Bonchev–Trinajstić information content (AvgIpc) is 2.01. The van der Waals surface area contributed by atoms with Crippen molar-refractivity contribution in [3.05, 3.63) is 34.9 Å². The van der Waals surface area contributed by atoms with Crippen LogP contribution in [0, 0.1) is 13.8 Å². The third-order valence-electron chi connectivity index (χ3n) is 2.18. The van der Waals surface area contributed by atoms with Crippen molar-refractivity contribution in [3.8, 4) is 0 Å². The average molecular weight is 163 g/mol. The van der Waals surface area contributed by atoms with Crippen LogP contribution in [0.2, 0.25) is 0 Å². The molecule has 1 rings (SSSR count). The maximum atomic E-state index is 3.24. The summed E-state index contributed by atoms with van der Waals surface area (Å²) in [5.41, 5.74) is 4.05. The van der Waals surface area contributed by atoms with Crippen LogP contribution in [0.5, 0.6) is 0 Å². The van der Waals surface area contributed by atoms with Crippen molar-refractivity contribution >= 4 is 0 Å². The highest BCUT2D eigenvalue weighted by atomic mass is 14.8. The second-order valence-electron chi connectivity index (χ2n) is 3.43. The van der Waals surface area contributed by atoms with Gasteiger partial charge in [0.25, 0.3) is 0 Å². The number of hydrogen-bond acceptors (Lipinski definition) is 1. The van der Waals surface area contributed by atoms with Gasteiger partial charge in [0.2, 0.25) is 0 Å². The molecule has 0 aliphatic heterocycles. The Hall–Kier alpha value is -0.820. The summed E-state index contributed by atoms with van der Waals surface area (Å²) < 4.78 is 0. The van der Waals surface area contributed by atoms with Gasteiger partial charge in [0.15, 0.2) is 0 Å². The summed E-state index contributed by atoms with van der Waals surface area (Å²) >= 11 is 0. The third-order valence-corrected chi connectivity index (χ3v) is 2.18. The van der Waals surface area contributed by atoms with Crippen LogP contribution in [0.3, 0.4) is 0 Å². The van der Waals surface area contributed by atoms with E-state index in [-0.39, 0.29) is 0 Å². The van der Waals surface area contributed by atoms with Crippen LogP contribution < -0.4 is 5.32 Å². The zero-order valence-electron chi connectivity index (χ0n) is 8.31. The monoisotopic (exact) mass is 163 g/mol. The minimum Gasteiger partial charge on any atom is -0.313 e. The van der Waals surface area contributed by atoms with Crippen molar-refractivity contribution < 1.29 is 0 Å². The van der Waals surface area contributed by atoms with E-state index in [4.69, 9.17) is 0 Å². The van der Waals surface area contributed by atoms with E-state index in [1.54, 1.807) is 0 Å². The molecule has 0 bridgehead atoms. The molecule has 1 aromatic carbocycles. The molecule has 1 atom stereocenters. The molecule has 0 saturated carbocycles. The van der Waals surface area contributed by atoms with E-state index in [9.17, 15) is 0 Å². The highest BCUT2D eigenvalue weighted by Crippen LogP contribution is 2.15. The maximum absolute atomic E-state index is 3.24. The van der Waals surface area contributed by atoms with E-state index in [0.717, 1.165) is 0 Å². The number of hydrogen-bond donors (Lipinski definition) is 1. The van der Waals surface area contributed by atoms with Gasteiger partial charge in [-0.3, -0.25) is 0 Å². The van der Waals surface area contributed by atoms with Crippen LogP contribution in [0.4, 0.5) is 0 Å². The van der Waals surface area contributed by atoms with Crippen molar-refractivity contribution in [2.24, 2.45) is 0 Å². The van der Waals surface area contributed by atoms with Gasteiger partial charge in [-0.15, -0.1) is 0 Å². The standard InChI is InChI=1S/C11H17N/c1-8-5-9(2)7-11(6-8)10(3)12-4/h5-7,10,12H,1-4H3/t10-/m1/s1. The molecule has 0 aromatic heterocycles. The summed E-state index contributed by atoms with van der Waals surface area (Å²) in [5, 5.41) is 3.24. The van der Waals surface area contributed by atoms with Crippen LogP contribution >= 0.6 is 0 Å². The molecule has 0 aliphatic rings. The molecule has 1 heteroatoms. The van der Waals surface area contributed by atoms with Crippen molar-refractivity contribution in [1.82, 2.24) is 5.32 Å². The molecule has 1 aromatic rings. The predicted molar refractivity (Wildman–Crippen MR) is 53.4 cm³/mol. The second-order valence-corrected chi connectivity index (χ2v) is 3.43. The van der Waals surface area contributed by atoms with Gasteiger partial charge in [-0.05, 0) is 33.4 Å². The first-order chi connectivity index (χ1) is 5.63. The van der Waals surface area contributed by atoms with Gasteiger partial charge in [-0.1, -0.05) is 29.3 Å². The molecular weight excluding hydrogens is 146 g/mol. The summed E-state index contributed by atoms with van der Waals surface area (Å²) in [5.74, 6) is 0. The normalized spacial score (nSPS) is 13.0. The summed E-state index contributed by atoms with van der Waals surface area (Å²) in [7, 11) is 1.99. The SMILES string of the molecule is CN[C@H](C)c1cc(C)cc(C)c1. The molecule has 0 fully saturated rings. The van der Waals surface area contributed by atoms with Gasteiger partial charge in [0, 0.05) is 6.04 Å². The van der Waals surface area contributed by atoms with Crippen LogP contribution in [0.15, 0.2) is 18.2 Å². The van der Waals surface area contributed by atoms with Crippen LogP contribution in [0.25, 0.3) is 0 Å². The van der Waals surface area contributed by atoms with E-state index < -0.39 is 0 Å². The van der Waals surface area contributed by atoms with Crippen molar-refractivity contribution in [2.75, 3.05) is 7.05 Å². The number of aryl methyl sites for hydroxylation is 2. The molecular formula is C11H17N. The molecule has 0 aliphatic carbocycles. The molecule has 66 valence electrons. The fraction of sp³-hybridized carbons (Fsp3) is 0.455. The van der Waals surface area contributed by atoms with E-state index in [1.165, 1.54) is 16.7 Å². The van der Waals surface area contributed by atoms with E-state index in [2.05, 4.69) is 44.3 Å². The molecule has 12 heavy (non-hydrogen) atoms. The molecule has 0 saturated heterocycles. The zero-order valence-corrected chi connectivity index (χ0v) is 8.31. The number of benzene rings is 1. The number of rotatable bonds is 2. The Morgan fingerprint density at radius 2 is 1.58 bits per heavy atom. The van der Waals surface area contributed by atoms with Crippen molar-refractivity contribution in [1.29, 1.82) is 0 Å². The lowest BCUT2D eigenvalue weighted by atomic mass is 10.0. The topological polar surface area (TPSA) is 12.0 Å². The first-order valence-electron chi connectivity index (χ1n) is 4.39. The van der Waals surface area contributed by atoms with Gasteiger partial charge in [-0.25, -0.2) is 0 Å². The zero-order chi connectivity index (χ0) is 9.14. The molecule has 0 radical (unpaired) electrons. The van der Waals surface area contributed by atoms with E-state index in [1.807, 2.05) is 7.05 Å². The Kier molecular flexibility index (Phi) is 2.88. The first-order valence-corrected chi connectivity index (χ1v) is 4.39. The maximum Gasteiger partial charge on any atom is 0.0289 e. The lowest BCUT2D eigenvalue weighted by Crippen LogP contribution is -2.12. The van der Waals surface area contributed by atoms with Crippen molar-refractivity contribution in [3.63, 3.8) is 0 Å². The van der Waals surface area contributed by atoms with E-state index in [0.29, 0.717) is 6.04 Å². The fourth-order valence-corrected chi connectivity index (χ4v) is 1.43. The summed E-state index contributed by atoms with van der Waals surface area (Å²) in [6.45, 7) is 6.45. The molecule has 0 unspecified atom stereocenters. The molecule has 1 nitrogen and oxygen atoms in total. The molecule has 0 heterocycles. The molecule has 0 spiro atoms. The van der Waals surface area contributed by atoms with Crippen LogP contribution in [0.1, 0.15) is 29.7 Å². The third kappa shape index (κ3) is 2.08. The van der Waals surface area contributed by atoms with E-state index >= 15 is 0 Å². The highest BCUT2D eigenvalue weighted by molar-refractivity contribution is 5.30. The molecule has 1 N–H and O–H groups in total. The second kappa shape index (κ2) is 3.72. The number of nitrogens with one attached hydrogen (secondary N) is 1. The summed E-state index contributed by atoms with van der Waals surface area (Å²) in [6.07, 6.45) is 0. The van der Waals surface area contributed by atoms with Gasteiger partial charge < -0.3 is 5.32 Å². The lowest BCUT2D eigenvalue weighted by Gasteiger charge is -2.12. The Morgan fingerprint density at radius 1 is 1.08 bits per heavy atom. The smallest absolute Gasteiger partial charge is 0.0289 e. The minimum absolute atomic E-state index is 0.448. The summed E-state index contributed by atoms with van der Waals surface area (Å²) in [6, 6.07) is 7.11. The Morgan fingerprint density at radius 3 is 2.00 bits per heavy atom. The van der Waals surface area contributed by atoms with Crippen LogP contribution in [-0.4, -0.2) is 7.05 Å². The minimum atomic E-state index is 0.448. The lowest BCUT2D eigenvalue weighted by molar-refractivity contribution is 0.651. The Bertz CT molecular complexity index is 245. The largest absolute Gasteiger partial charge is 0.313 e. The first kappa shape index (κ1) is 9.27. The molecule has 0 amide bonds. The fourth-order valence-electron chi connectivity index (χ4n) is 1.43. The van der Waals surface area contributed by atoms with Gasteiger partial charge >= 0.3 is 0 Å².